The van der Waals surface area contributed by atoms with E-state index in [2.05, 4.69) is 5.32 Å². The lowest BCUT2D eigenvalue weighted by Gasteiger charge is -2.27. The monoisotopic (exact) mass is 296 g/mol. The first kappa shape index (κ1) is 15.8. The van der Waals surface area contributed by atoms with Gasteiger partial charge in [-0.2, -0.15) is 0 Å². The highest BCUT2D eigenvalue weighted by Gasteiger charge is 2.41. The standard InChI is InChI=1S/C15H24N2O4/c1-3-15(2,14(20)21)9-16-12(18)11-5-4-8-17(11)13(19)10-6-7-10/h10-11H,3-9H2,1-2H3,(H,16,18)(H,20,21). The fraction of sp³-hybridized carbons (Fsp3) is 0.800. The minimum Gasteiger partial charge on any atom is -0.481 e. The van der Waals surface area contributed by atoms with Crippen molar-refractivity contribution in [2.45, 2.75) is 52.0 Å². The zero-order valence-corrected chi connectivity index (χ0v) is 12.7. The van der Waals surface area contributed by atoms with Crippen molar-refractivity contribution < 1.29 is 19.5 Å². The minimum absolute atomic E-state index is 0.0872. The maximum atomic E-state index is 12.3. The van der Waals surface area contributed by atoms with Crippen LogP contribution in [0.2, 0.25) is 0 Å². The van der Waals surface area contributed by atoms with Gasteiger partial charge in [-0.05, 0) is 39.0 Å². The number of carbonyl (C=O) groups excluding carboxylic acids is 2. The highest BCUT2D eigenvalue weighted by Crippen LogP contribution is 2.33. The summed E-state index contributed by atoms with van der Waals surface area (Å²) in [4.78, 5) is 37.3. The maximum absolute atomic E-state index is 12.3. The first-order valence-electron chi connectivity index (χ1n) is 7.70. The molecule has 2 unspecified atom stereocenters. The molecule has 6 heteroatoms. The Balaban J connectivity index is 1.93. The highest BCUT2D eigenvalue weighted by atomic mass is 16.4. The number of likely N-dealkylation sites (tertiary alicyclic amines) is 1. The summed E-state index contributed by atoms with van der Waals surface area (Å²) in [5.74, 6) is -0.937. The normalized spacial score (nSPS) is 24.5. The average molecular weight is 296 g/mol. The molecule has 2 N–H and O–H groups in total. The van der Waals surface area contributed by atoms with Gasteiger partial charge in [-0.1, -0.05) is 6.92 Å². The van der Waals surface area contributed by atoms with Gasteiger partial charge in [0.25, 0.3) is 0 Å². The first-order valence-corrected chi connectivity index (χ1v) is 7.70. The SMILES string of the molecule is CCC(C)(CNC(=O)C1CCCN1C(=O)C1CC1)C(=O)O. The first-order chi connectivity index (χ1) is 9.89. The van der Waals surface area contributed by atoms with Crippen LogP contribution < -0.4 is 5.32 Å². The lowest BCUT2D eigenvalue weighted by molar-refractivity contribution is -0.148. The molecule has 0 spiro atoms. The van der Waals surface area contributed by atoms with Crippen molar-refractivity contribution in [1.82, 2.24) is 10.2 Å². The summed E-state index contributed by atoms with van der Waals surface area (Å²) in [6, 6.07) is -0.423. The van der Waals surface area contributed by atoms with Crippen LogP contribution in [0.3, 0.4) is 0 Å². The molecular weight excluding hydrogens is 272 g/mol. The molecule has 6 nitrogen and oxygen atoms in total. The summed E-state index contributed by atoms with van der Waals surface area (Å²) >= 11 is 0. The van der Waals surface area contributed by atoms with Crippen molar-refractivity contribution in [3.63, 3.8) is 0 Å². The Labute approximate surface area is 124 Å². The van der Waals surface area contributed by atoms with Gasteiger partial charge >= 0.3 is 5.97 Å². The number of nitrogens with zero attached hydrogens (tertiary/aromatic N) is 1. The van der Waals surface area contributed by atoms with Crippen molar-refractivity contribution in [2.24, 2.45) is 11.3 Å². The van der Waals surface area contributed by atoms with Gasteiger partial charge in [-0.25, -0.2) is 0 Å². The summed E-state index contributed by atoms with van der Waals surface area (Å²) in [7, 11) is 0. The molecule has 0 radical (unpaired) electrons. The topological polar surface area (TPSA) is 86.7 Å². The Hall–Kier alpha value is -1.59. The number of amides is 2. The van der Waals surface area contributed by atoms with E-state index in [1.54, 1.807) is 18.7 Å². The van der Waals surface area contributed by atoms with E-state index in [1.807, 2.05) is 0 Å². The van der Waals surface area contributed by atoms with Crippen LogP contribution in [-0.4, -0.2) is 46.9 Å². The lowest BCUT2D eigenvalue weighted by Crippen LogP contribution is -2.49. The second-order valence-corrected chi connectivity index (χ2v) is 6.40. The molecule has 0 bridgehead atoms. The molecule has 2 atom stereocenters. The molecule has 0 aromatic carbocycles. The van der Waals surface area contributed by atoms with Crippen LogP contribution in [-0.2, 0) is 14.4 Å². The smallest absolute Gasteiger partial charge is 0.311 e. The van der Waals surface area contributed by atoms with E-state index < -0.39 is 17.4 Å². The van der Waals surface area contributed by atoms with Crippen molar-refractivity contribution in [3.05, 3.63) is 0 Å². The molecule has 2 amide bonds. The van der Waals surface area contributed by atoms with Crippen LogP contribution in [0.15, 0.2) is 0 Å². The van der Waals surface area contributed by atoms with Gasteiger partial charge in [-0.3, -0.25) is 14.4 Å². The zero-order chi connectivity index (χ0) is 15.6. The number of aliphatic carboxylic acids is 1. The molecule has 1 saturated heterocycles. The molecule has 21 heavy (non-hydrogen) atoms. The van der Waals surface area contributed by atoms with Crippen molar-refractivity contribution in [3.8, 4) is 0 Å². The second kappa shape index (κ2) is 6.03. The predicted molar refractivity (Wildman–Crippen MR) is 76.5 cm³/mol. The van der Waals surface area contributed by atoms with Gasteiger partial charge in [0.1, 0.15) is 6.04 Å². The number of carboxylic acids is 1. The lowest BCUT2D eigenvalue weighted by atomic mass is 9.87. The molecule has 0 aromatic heterocycles. The van der Waals surface area contributed by atoms with Crippen molar-refractivity contribution in [1.29, 1.82) is 0 Å². The molecule has 2 aliphatic rings. The minimum atomic E-state index is -0.959. The third kappa shape index (κ3) is 3.36. The average Bonchev–Trinajstić information content (AvgIpc) is 3.20. The second-order valence-electron chi connectivity index (χ2n) is 6.40. The number of hydrogen-bond donors (Lipinski definition) is 2. The fourth-order valence-electron chi connectivity index (χ4n) is 2.62. The Morgan fingerprint density at radius 2 is 1.95 bits per heavy atom. The van der Waals surface area contributed by atoms with Crippen LogP contribution in [0.25, 0.3) is 0 Å². The van der Waals surface area contributed by atoms with Crippen LogP contribution in [0, 0.1) is 11.3 Å². The fourth-order valence-corrected chi connectivity index (χ4v) is 2.62. The maximum Gasteiger partial charge on any atom is 0.311 e. The van der Waals surface area contributed by atoms with Crippen LogP contribution in [0.5, 0.6) is 0 Å². The Morgan fingerprint density at radius 1 is 1.29 bits per heavy atom. The molecule has 1 aliphatic heterocycles. The van der Waals surface area contributed by atoms with E-state index in [0.717, 1.165) is 19.3 Å². The van der Waals surface area contributed by atoms with E-state index in [4.69, 9.17) is 0 Å². The van der Waals surface area contributed by atoms with Gasteiger partial charge in [0.2, 0.25) is 11.8 Å². The van der Waals surface area contributed by atoms with E-state index in [0.29, 0.717) is 19.4 Å². The molecule has 1 saturated carbocycles. The molecule has 2 fully saturated rings. The summed E-state index contributed by atoms with van der Waals surface area (Å²) in [5.41, 5.74) is -0.959. The number of carbonyl (C=O) groups is 3. The van der Waals surface area contributed by atoms with Crippen LogP contribution in [0.1, 0.15) is 46.0 Å². The van der Waals surface area contributed by atoms with E-state index in [9.17, 15) is 19.5 Å². The summed E-state index contributed by atoms with van der Waals surface area (Å²) in [6.45, 7) is 4.15. The number of hydrogen-bond acceptors (Lipinski definition) is 3. The molecule has 1 aliphatic carbocycles. The summed E-state index contributed by atoms with van der Waals surface area (Å²) in [5, 5.41) is 11.9. The van der Waals surface area contributed by atoms with E-state index in [1.165, 1.54) is 0 Å². The number of nitrogens with one attached hydrogen (secondary N) is 1. The molecule has 1 heterocycles. The van der Waals surface area contributed by atoms with E-state index in [-0.39, 0.29) is 24.3 Å². The zero-order valence-electron chi connectivity index (χ0n) is 12.7. The highest BCUT2D eigenvalue weighted by molar-refractivity contribution is 5.90. The summed E-state index contributed by atoms with van der Waals surface area (Å²) in [6.07, 6.45) is 3.80. The third-order valence-electron chi connectivity index (χ3n) is 4.71. The third-order valence-corrected chi connectivity index (χ3v) is 4.71. The predicted octanol–water partition coefficient (Wildman–Crippen LogP) is 1.00. The molecular formula is C15H24N2O4. The molecule has 0 aromatic rings. The van der Waals surface area contributed by atoms with Crippen molar-refractivity contribution >= 4 is 17.8 Å². The molecule has 2 rings (SSSR count). The van der Waals surface area contributed by atoms with Crippen molar-refractivity contribution in [2.75, 3.05) is 13.1 Å². The van der Waals surface area contributed by atoms with E-state index >= 15 is 0 Å². The van der Waals surface area contributed by atoms with Gasteiger partial charge in [0.05, 0.1) is 5.41 Å². The number of carboxylic acid groups (broad SMARTS) is 1. The Bertz CT molecular complexity index is 447. The quantitative estimate of drug-likeness (QED) is 0.765. The Morgan fingerprint density at radius 3 is 2.48 bits per heavy atom. The number of rotatable bonds is 6. The van der Waals surface area contributed by atoms with Gasteiger partial charge in [-0.15, -0.1) is 0 Å². The van der Waals surface area contributed by atoms with Gasteiger partial charge < -0.3 is 15.3 Å². The van der Waals surface area contributed by atoms with Crippen LogP contribution in [0.4, 0.5) is 0 Å². The largest absolute Gasteiger partial charge is 0.481 e. The summed E-state index contributed by atoms with van der Waals surface area (Å²) < 4.78 is 0. The Kier molecular flexibility index (Phi) is 4.54. The molecule has 118 valence electrons. The van der Waals surface area contributed by atoms with Gasteiger partial charge in [0.15, 0.2) is 0 Å². The van der Waals surface area contributed by atoms with Gasteiger partial charge in [0, 0.05) is 19.0 Å². The van der Waals surface area contributed by atoms with Crippen LogP contribution >= 0.6 is 0 Å².